The molecule has 4 aliphatic rings. The Morgan fingerprint density at radius 2 is 1.68 bits per heavy atom. The highest BCUT2D eigenvalue weighted by Crippen LogP contribution is 2.73. The van der Waals surface area contributed by atoms with Crippen molar-refractivity contribution in [2.75, 3.05) is 0 Å². The van der Waals surface area contributed by atoms with Crippen LogP contribution in [-0.4, -0.2) is 55.9 Å². The zero-order valence-corrected chi connectivity index (χ0v) is 25.1. The van der Waals surface area contributed by atoms with Crippen LogP contribution in [0.4, 0.5) is 0 Å². The van der Waals surface area contributed by atoms with Gasteiger partial charge in [0.1, 0.15) is 17.0 Å². The molecule has 0 aliphatic heterocycles. The number of allylic oxidation sites excluding steroid dienone is 4. The molecule has 0 spiro atoms. The van der Waals surface area contributed by atoms with Gasteiger partial charge < -0.3 is 20.1 Å². The van der Waals surface area contributed by atoms with Gasteiger partial charge in [-0.25, -0.2) is 0 Å². The zero-order valence-electron chi connectivity index (χ0n) is 25.1. The van der Waals surface area contributed by atoms with Gasteiger partial charge >= 0.3 is 5.97 Å². The number of fused-ring (bicyclic) bond motifs is 5. The van der Waals surface area contributed by atoms with Crippen molar-refractivity contribution in [3.8, 4) is 0 Å². The topological polar surface area (TPSA) is 138 Å². The SMILES string of the molecule is CC(=O)OC(C)(C)/C=C/C(=O)[C@@](C)(O)[C@@H]1[C@@H](O)C[C@]2(C)[C@H]3CC=C4C(C=C(O)C(=O)C4(C)C)[C@@]3(C)C(=O)C[C@@]12C. The Morgan fingerprint density at radius 1 is 1.07 bits per heavy atom. The third-order valence-electron chi connectivity index (χ3n) is 11.2. The van der Waals surface area contributed by atoms with Crippen molar-refractivity contribution < 1.29 is 39.2 Å². The Balaban J connectivity index is 1.76. The van der Waals surface area contributed by atoms with E-state index in [0.717, 1.165) is 5.57 Å². The average Bonchev–Trinajstić information content (AvgIpc) is 3.01. The normalized spacial score (nSPS) is 40.4. The second-order valence-corrected chi connectivity index (χ2v) is 14.4. The number of hydrogen-bond donors (Lipinski definition) is 3. The summed E-state index contributed by atoms with van der Waals surface area (Å²) in [5.74, 6) is -3.61. The molecule has 4 rings (SSSR count). The monoisotopic (exact) mass is 556 g/mol. The van der Waals surface area contributed by atoms with Crippen molar-refractivity contribution >= 4 is 23.3 Å². The van der Waals surface area contributed by atoms with Gasteiger partial charge in [-0.3, -0.25) is 19.2 Å². The van der Waals surface area contributed by atoms with E-state index >= 15 is 0 Å². The van der Waals surface area contributed by atoms with Crippen LogP contribution in [0.3, 0.4) is 0 Å². The van der Waals surface area contributed by atoms with E-state index in [1.807, 2.05) is 26.8 Å². The van der Waals surface area contributed by atoms with E-state index in [0.29, 0.717) is 6.42 Å². The van der Waals surface area contributed by atoms with Gasteiger partial charge in [-0.1, -0.05) is 32.4 Å². The molecule has 0 aromatic carbocycles. The number of esters is 1. The highest BCUT2D eigenvalue weighted by Gasteiger charge is 2.74. The summed E-state index contributed by atoms with van der Waals surface area (Å²) in [5, 5.41) is 33.8. The predicted molar refractivity (Wildman–Crippen MR) is 148 cm³/mol. The fourth-order valence-electron chi connectivity index (χ4n) is 8.98. The molecule has 2 saturated carbocycles. The number of aliphatic hydroxyl groups is 3. The first kappa shape index (κ1) is 30.4. The van der Waals surface area contributed by atoms with E-state index < -0.39 is 62.6 Å². The van der Waals surface area contributed by atoms with Gasteiger partial charge in [0.15, 0.2) is 11.5 Å². The predicted octanol–water partition coefficient (Wildman–Crippen LogP) is 4.19. The molecule has 40 heavy (non-hydrogen) atoms. The van der Waals surface area contributed by atoms with Crippen molar-refractivity contribution in [3.63, 3.8) is 0 Å². The molecule has 2 fully saturated rings. The molecule has 0 radical (unpaired) electrons. The maximum Gasteiger partial charge on any atom is 0.303 e. The molecule has 1 unspecified atom stereocenters. The van der Waals surface area contributed by atoms with Gasteiger partial charge in [0.25, 0.3) is 0 Å². The molecule has 3 N–H and O–H groups in total. The van der Waals surface area contributed by atoms with Gasteiger partial charge in [-0.15, -0.1) is 0 Å². The number of aliphatic hydroxyl groups excluding tert-OH is 2. The second kappa shape index (κ2) is 8.96. The summed E-state index contributed by atoms with van der Waals surface area (Å²) in [6.07, 6.45) is 5.89. The minimum Gasteiger partial charge on any atom is -0.505 e. The van der Waals surface area contributed by atoms with Gasteiger partial charge in [0.2, 0.25) is 5.78 Å². The number of carbonyl (C=O) groups is 4. The summed E-state index contributed by atoms with van der Waals surface area (Å²) >= 11 is 0. The van der Waals surface area contributed by atoms with Crippen LogP contribution < -0.4 is 0 Å². The van der Waals surface area contributed by atoms with E-state index in [1.54, 1.807) is 27.7 Å². The number of rotatable bonds is 5. The van der Waals surface area contributed by atoms with Crippen LogP contribution >= 0.6 is 0 Å². The number of ether oxygens (including phenoxy) is 1. The lowest BCUT2D eigenvalue weighted by Crippen LogP contribution is -2.64. The average molecular weight is 557 g/mol. The van der Waals surface area contributed by atoms with E-state index in [2.05, 4.69) is 0 Å². The summed E-state index contributed by atoms with van der Waals surface area (Å²) in [4.78, 5) is 52.0. The van der Waals surface area contributed by atoms with Gasteiger partial charge in [0, 0.05) is 30.6 Å². The molecule has 0 aromatic rings. The molecule has 0 bridgehead atoms. The number of ketones is 3. The fourth-order valence-corrected chi connectivity index (χ4v) is 8.98. The molecule has 0 heterocycles. The number of carbonyl (C=O) groups excluding carboxylic acids is 4. The Kier molecular flexibility index (Phi) is 6.80. The number of hydrogen-bond acceptors (Lipinski definition) is 8. The molecule has 220 valence electrons. The minimum atomic E-state index is -2.00. The molecule has 0 amide bonds. The van der Waals surface area contributed by atoms with Crippen LogP contribution in [0.5, 0.6) is 0 Å². The quantitative estimate of drug-likeness (QED) is 0.260. The maximum absolute atomic E-state index is 14.3. The van der Waals surface area contributed by atoms with Crippen molar-refractivity contribution in [1.82, 2.24) is 0 Å². The van der Waals surface area contributed by atoms with E-state index in [9.17, 15) is 34.5 Å². The summed E-state index contributed by atoms with van der Waals surface area (Å²) < 4.78 is 5.22. The molecule has 8 nitrogen and oxygen atoms in total. The van der Waals surface area contributed by atoms with Crippen molar-refractivity contribution in [2.45, 2.75) is 98.9 Å². The van der Waals surface area contributed by atoms with Gasteiger partial charge in [0.05, 0.1) is 11.5 Å². The Bertz CT molecular complexity index is 1270. The highest BCUT2D eigenvalue weighted by molar-refractivity contribution is 6.02. The third kappa shape index (κ3) is 4.00. The summed E-state index contributed by atoms with van der Waals surface area (Å²) in [5.41, 5.74) is -5.72. The third-order valence-corrected chi connectivity index (χ3v) is 11.2. The van der Waals surface area contributed by atoms with Crippen molar-refractivity contribution in [3.05, 3.63) is 35.6 Å². The van der Waals surface area contributed by atoms with Crippen molar-refractivity contribution in [1.29, 1.82) is 0 Å². The lowest BCUT2D eigenvalue weighted by atomic mass is 9.39. The van der Waals surface area contributed by atoms with E-state index in [-0.39, 0.29) is 36.1 Å². The largest absolute Gasteiger partial charge is 0.505 e. The van der Waals surface area contributed by atoms with Crippen LogP contribution in [0, 0.1) is 39.4 Å². The lowest BCUT2D eigenvalue weighted by molar-refractivity contribution is -0.179. The van der Waals surface area contributed by atoms with Crippen LogP contribution in [0.25, 0.3) is 0 Å². The molecular formula is C32H44O8. The van der Waals surface area contributed by atoms with Crippen LogP contribution in [0.2, 0.25) is 0 Å². The molecule has 4 aliphatic carbocycles. The highest BCUT2D eigenvalue weighted by atomic mass is 16.6. The van der Waals surface area contributed by atoms with Gasteiger partial charge in [-0.05, 0) is 82.4 Å². The standard InChI is InChI=1S/C32H44O8/c1-17(33)40-27(2,3)13-12-23(36)32(9,39)25-21(35)15-29(6)22-11-10-18-19(14-20(34)26(38)28(18,4)5)31(22,8)24(37)16-30(25,29)7/h10,12-14,19,21-22,25,34-35,39H,11,15-16H2,1-9H3/b13-12+/t19?,21-,22+,25+,29+,30-,31+,32+/m0/s1. The first-order valence-electron chi connectivity index (χ1n) is 14.1. The Morgan fingerprint density at radius 3 is 2.25 bits per heavy atom. The van der Waals surface area contributed by atoms with E-state index in [4.69, 9.17) is 4.74 Å². The molecule has 0 aromatic heterocycles. The molecule has 8 heteroatoms. The van der Waals surface area contributed by atoms with Crippen LogP contribution in [0.15, 0.2) is 35.6 Å². The van der Waals surface area contributed by atoms with Crippen molar-refractivity contribution in [2.24, 2.45) is 39.4 Å². The second-order valence-electron chi connectivity index (χ2n) is 14.4. The Labute approximate surface area is 236 Å². The first-order valence-corrected chi connectivity index (χ1v) is 14.1. The zero-order chi connectivity index (χ0) is 30.4. The van der Waals surface area contributed by atoms with E-state index in [1.165, 1.54) is 32.1 Å². The summed E-state index contributed by atoms with van der Waals surface area (Å²) in [6.45, 7) is 15.3. The fraction of sp³-hybridized carbons (Fsp3) is 0.688. The summed E-state index contributed by atoms with van der Waals surface area (Å²) in [6, 6.07) is 0. The maximum atomic E-state index is 14.3. The smallest absolute Gasteiger partial charge is 0.303 e. The molecular weight excluding hydrogens is 512 g/mol. The minimum absolute atomic E-state index is 0.0249. The van der Waals surface area contributed by atoms with Crippen LogP contribution in [-0.2, 0) is 23.9 Å². The first-order chi connectivity index (χ1) is 18.1. The molecule has 8 atom stereocenters. The molecule has 0 saturated heterocycles. The number of Topliss-reactive ketones (excluding diaryl/α,β-unsaturated/α-hetero) is 2. The Hall–Kier alpha value is -2.58. The van der Waals surface area contributed by atoms with Crippen LogP contribution in [0.1, 0.15) is 81.6 Å². The summed E-state index contributed by atoms with van der Waals surface area (Å²) in [7, 11) is 0. The lowest BCUT2D eigenvalue weighted by Gasteiger charge is -2.63. The van der Waals surface area contributed by atoms with Gasteiger partial charge in [-0.2, -0.15) is 0 Å².